The van der Waals surface area contributed by atoms with Crippen molar-refractivity contribution >= 4 is 55.6 Å². The lowest BCUT2D eigenvalue weighted by Gasteiger charge is -2.22. The van der Waals surface area contributed by atoms with Crippen LogP contribution in [0.4, 0.5) is 0 Å². The van der Waals surface area contributed by atoms with Crippen LogP contribution < -0.4 is 11.1 Å². The second-order valence-corrected chi connectivity index (χ2v) is 14.1. The molecule has 2 atom stereocenters. The van der Waals surface area contributed by atoms with Crippen LogP contribution >= 0.6 is 0 Å². The molecule has 0 fully saturated rings. The maximum Gasteiger partial charge on any atom is 0.130 e. The van der Waals surface area contributed by atoms with Gasteiger partial charge in [0.15, 0.2) is 0 Å². The lowest BCUT2D eigenvalue weighted by atomic mass is 9.90. The van der Waals surface area contributed by atoms with E-state index in [1.165, 1.54) is 71.9 Å². The van der Waals surface area contributed by atoms with Crippen molar-refractivity contribution in [3.05, 3.63) is 167 Å². The first kappa shape index (κ1) is 30.1. The Labute approximate surface area is 298 Å². The molecule has 4 aromatic carbocycles. The zero-order valence-corrected chi connectivity index (χ0v) is 28.6. The van der Waals surface area contributed by atoms with Crippen molar-refractivity contribution in [3.63, 3.8) is 0 Å². The Morgan fingerprint density at radius 3 is 2.29 bits per heavy atom. The van der Waals surface area contributed by atoms with Crippen LogP contribution in [0.1, 0.15) is 41.6 Å². The summed E-state index contributed by atoms with van der Waals surface area (Å²) >= 11 is 0. The molecule has 51 heavy (non-hydrogen) atoms. The monoisotopic (exact) mass is 664 g/mol. The van der Waals surface area contributed by atoms with Crippen LogP contribution in [0.5, 0.6) is 0 Å². The van der Waals surface area contributed by atoms with Crippen LogP contribution in [0.15, 0.2) is 145 Å². The predicted octanol–water partition coefficient (Wildman–Crippen LogP) is 9.81. The first-order valence-electron chi connectivity index (χ1n) is 18.2. The van der Waals surface area contributed by atoms with Gasteiger partial charge in [-0.15, -0.1) is 0 Å². The maximum absolute atomic E-state index is 6.53. The maximum atomic E-state index is 6.53. The van der Waals surface area contributed by atoms with Gasteiger partial charge in [0.25, 0.3) is 0 Å². The van der Waals surface area contributed by atoms with Crippen LogP contribution in [-0.4, -0.2) is 21.8 Å². The Morgan fingerprint density at radius 1 is 0.686 bits per heavy atom. The topological polar surface area (TPSA) is 57.1 Å². The third kappa shape index (κ3) is 5.03. The van der Waals surface area contributed by atoms with Gasteiger partial charge in [0.1, 0.15) is 11.9 Å². The molecule has 3 aliphatic carbocycles. The molecule has 0 saturated heterocycles. The molecule has 2 unspecified atom stereocenters. The van der Waals surface area contributed by atoms with Gasteiger partial charge in [0.05, 0.1) is 41.4 Å². The Hall–Kier alpha value is -5.78. The summed E-state index contributed by atoms with van der Waals surface area (Å²) < 4.78 is 11.2. The van der Waals surface area contributed by atoms with Gasteiger partial charge in [-0.2, -0.15) is 0 Å². The smallest absolute Gasteiger partial charge is 0.130 e. The van der Waals surface area contributed by atoms with Crippen molar-refractivity contribution in [2.45, 2.75) is 38.5 Å². The second kappa shape index (κ2) is 12.2. The van der Waals surface area contributed by atoms with Gasteiger partial charge in [-0.3, -0.25) is 5.32 Å². The number of hydrogen-bond donors (Lipinski definition) is 2. The third-order valence-corrected chi connectivity index (χ3v) is 11.3. The summed E-state index contributed by atoms with van der Waals surface area (Å²) in [4.78, 5) is 0. The zero-order chi connectivity index (χ0) is 33.9. The largest absolute Gasteiger partial charge is 0.486 e. The summed E-state index contributed by atoms with van der Waals surface area (Å²) in [5.41, 5.74) is 20.7. The molecule has 0 radical (unpaired) electrons. The minimum atomic E-state index is 0.00429. The molecule has 2 aromatic heterocycles. The SMILES string of the molecule is NC1=C(CNCn2c3ccccc3c3ccc(C4=Cc5c(n(C6=CC=C(c7ccccc7)CC6)c6ccccc56)CC4)cc32)OC2C=CC=CC12. The van der Waals surface area contributed by atoms with Crippen molar-refractivity contribution in [1.82, 2.24) is 14.5 Å². The molecule has 250 valence electrons. The molecular formula is C46H40N4O. The Bertz CT molecular complexity index is 2550. The number of nitrogens with zero attached hydrogens (tertiary/aromatic N) is 2. The molecule has 1 aliphatic heterocycles. The van der Waals surface area contributed by atoms with Gasteiger partial charge < -0.3 is 19.6 Å². The number of hydrogen-bond acceptors (Lipinski definition) is 3. The number of aromatic nitrogens is 2. The molecule has 3 N–H and O–H groups in total. The van der Waals surface area contributed by atoms with E-state index in [1.807, 2.05) is 6.08 Å². The van der Waals surface area contributed by atoms with Crippen LogP contribution in [0.25, 0.3) is 55.6 Å². The van der Waals surface area contributed by atoms with Crippen LogP contribution in [-0.2, 0) is 17.8 Å². The van der Waals surface area contributed by atoms with Crippen LogP contribution in [0, 0.1) is 5.92 Å². The molecule has 0 amide bonds. The van der Waals surface area contributed by atoms with E-state index < -0.39 is 0 Å². The van der Waals surface area contributed by atoms with E-state index in [9.17, 15) is 0 Å². The average Bonchev–Trinajstić information content (AvgIpc) is 3.81. The Kier molecular flexibility index (Phi) is 7.21. The number of rotatable bonds is 7. The number of allylic oxidation sites excluding steroid dienone is 7. The standard InChI is InChI=1S/C46H40N4O/c47-46-38-14-6-9-17-44(38)51-45(46)28-48-29-49-40-15-7-4-12-35(40)37-24-20-33(27-43(37)49)32-21-25-42-39(26-32)36-13-5-8-16-41(36)50(42)34-22-18-31(19-23-34)30-10-2-1-3-11-30/h1-18,20,22,24,26-27,38,44,48H,19,21,23,25,28-29,47H2. The molecule has 10 rings (SSSR count). The highest BCUT2D eigenvalue weighted by atomic mass is 16.5. The lowest BCUT2D eigenvalue weighted by molar-refractivity contribution is 0.158. The minimum absolute atomic E-state index is 0.00429. The lowest BCUT2D eigenvalue weighted by Crippen LogP contribution is -2.22. The van der Waals surface area contributed by atoms with E-state index in [1.54, 1.807) is 0 Å². The average molecular weight is 665 g/mol. The Morgan fingerprint density at radius 2 is 1.45 bits per heavy atom. The van der Waals surface area contributed by atoms with E-state index in [-0.39, 0.29) is 12.0 Å². The molecule has 5 heteroatoms. The summed E-state index contributed by atoms with van der Waals surface area (Å²) in [6, 6.07) is 35.5. The number of para-hydroxylation sites is 2. The molecule has 5 nitrogen and oxygen atoms in total. The van der Waals surface area contributed by atoms with Gasteiger partial charge in [-0.1, -0.05) is 103 Å². The molecule has 0 bridgehead atoms. The van der Waals surface area contributed by atoms with Crippen molar-refractivity contribution in [1.29, 1.82) is 0 Å². The van der Waals surface area contributed by atoms with E-state index in [0.717, 1.165) is 37.1 Å². The fourth-order valence-corrected chi connectivity index (χ4v) is 8.73. The highest BCUT2D eigenvalue weighted by Crippen LogP contribution is 2.41. The number of nitrogens with two attached hydrogens (primary N) is 1. The molecular weight excluding hydrogens is 625 g/mol. The third-order valence-electron chi connectivity index (χ3n) is 11.3. The van der Waals surface area contributed by atoms with Crippen molar-refractivity contribution in [2.24, 2.45) is 11.7 Å². The normalized spacial score (nSPS) is 19.6. The predicted molar refractivity (Wildman–Crippen MR) is 211 cm³/mol. The molecule has 3 heterocycles. The molecule has 0 saturated carbocycles. The summed E-state index contributed by atoms with van der Waals surface area (Å²) in [6.45, 7) is 1.24. The fraction of sp³-hybridized carbons (Fsp3) is 0.174. The summed E-state index contributed by atoms with van der Waals surface area (Å²) in [5, 5.41) is 7.53. The van der Waals surface area contributed by atoms with Gasteiger partial charge in [-0.05, 0) is 84.4 Å². The van der Waals surface area contributed by atoms with E-state index >= 15 is 0 Å². The zero-order valence-electron chi connectivity index (χ0n) is 28.6. The van der Waals surface area contributed by atoms with Crippen LogP contribution in [0.2, 0.25) is 0 Å². The van der Waals surface area contributed by atoms with Gasteiger partial charge >= 0.3 is 0 Å². The molecule has 0 spiro atoms. The molecule has 4 aliphatic rings. The minimum Gasteiger partial charge on any atom is -0.486 e. The number of ether oxygens (including phenoxy) is 1. The number of nitrogens with one attached hydrogen (secondary N) is 1. The highest BCUT2D eigenvalue weighted by molar-refractivity contribution is 6.09. The van der Waals surface area contributed by atoms with E-state index in [2.05, 4.69) is 148 Å². The second-order valence-electron chi connectivity index (χ2n) is 14.1. The van der Waals surface area contributed by atoms with Crippen LogP contribution in [0.3, 0.4) is 0 Å². The van der Waals surface area contributed by atoms with Gasteiger partial charge in [0, 0.05) is 33.1 Å². The summed E-state index contributed by atoms with van der Waals surface area (Å²) in [5.74, 6) is 0.978. The van der Waals surface area contributed by atoms with E-state index in [0.29, 0.717) is 13.2 Å². The van der Waals surface area contributed by atoms with Crippen molar-refractivity contribution in [2.75, 3.05) is 6.54 Å². The summed E-state index contributed by atoms with van der Waals surface area (Å²) in [6.07, 6.45) is 19.6. The first-order chi connectivity index (χ1) is 25.2. The first-order valence-corrected chi connectivity index (χ1v) is 18.2. The van der Waals surface area contributed by atoms with Gasteiger partial charge in [0.2, 0.25) is 0 Å². The quantitative estimate of drug-likeness (QED) is 0.179. The van der Waals surface area contributed by atoms with Gasteiger partial charge in [-0.25, -0.2) is 0 Å². The number of fused-ring (bicyclic) bond motifs is 7. The molecule has 6 aromatic rings. The van der Waals surface area contributed by atoms with Crippen molar-refractivity contribution < 1.29 is 4.74 Å². The Balaban J connectivity index is 0.994. The number of benzene rings is 4. The highest BCUT2D eigenvalue weighted by Gasteiger charge is 2.32. The fourth-order valence-electron chi connectivity index (χ4n) is 8.73. The summed E-state index contributed by atoms with van der Waals surface area (Å²) in [7, 11) is 0. The van der Waals surface area contributed by atoms with E-state index in [4.69, 9.17) is 10.5 Å². The van der Waals surface area contributed by atoms with Crippen molar-refractivity contribution in [3.8, 4) is 0 Å².